The normalized spacial score (nSPS) is 24.8. The molecule has 1 aliphatic heterocycles. The summed E-state index contributed by atoms with van der Waals surface area (Å²) in [6.45, 7) is 3.60. The average molecular weight is 368 g/mol. The molecule has 1 aliphatic rings. The van der Waals surface area contributed by atoms with E-state index in [0.29, 0.717) is 11.3 Å². The largest absolute Gasteiger partial charge is 0.481 e. The molecule has 1 aromatic rings. The van der Waals surface area contributed by atoms with Crippen LogP contribution in [0.1, 0.15) is 18.2 Å². The molecule has 1 aromatic heterocycles. The third-order valence-electron chi connectivity index (χ3n) is 3.41. The number of halogens is 1. The standard InChI is InChI=1S/C11H14BrNO4S2/c1-7-8(5-9(12)18-7)19(16,17)13-4-3-11(2,6-13)10(14)15/h5H,3-4,6H2,1-2H3,(H,14,15). The molecule has 8 heteroatoms. The molecule has 1 saturated heterocycles. The lowest BCUT2D eigenvalue weighted by molar-refractivity contribution is -0.146. The van der Waals surface area contributed by atoms with Gasteiger partial charge < -0.3 is 5.11 Å². The molecule has 0 saturated carbocycles. The van der Waals surface area contributed by atoms with Crippen molar-refractivity contribution >= 4 is 43.3 Å². The number of aliphatic carboxylic acids is 1. The van der Waals surface area contributed by atoms with Crippen LogP contribution in [-0.4, -0.2) is 36.9 Å². The molecule has 0 radical (unpaired) electrons. The van der Waals surface area contributed by atoms with Crippen LogP contribution in [0, 0.1) is 12.3 Å². The number of carboxylic acids is 1. The van der Waals surface area contributed by atoms with Gasteiger partial charge in [-0.05, 0) is 42.3 Å². The van der Waals surface area contributed by atoms with E-state index in [0.717, 1.165) is 3.79 Å². The summed E-state index contributed by atoms with van der Waals surface area (Å²) < 4.78 is 27.0. The molecule has 0 spiro atoms. The molecule has 0 aromatic carbocycles. The number of thiophene rings is 1. The summed E-state index contributed by atoms with van der Waals surface area (Å²) in [6, 6.07) is 1.58. The van der Waals surface area contributed by atoms with E-state index in [2.05, 4.69) is 15.9 Å². The van der Waals surface area contributed by atoms with Gasteiger partial charge in [0.25, 0.3) is 0 Å². The predicted octanol–water partition coefficient (Wildman–Crippen LogP) is 2.30. The van der Waals surface area contributed by atoms with Gasteiger partial charge in [0.2, 0.25) is 10.0 Å². The number of hydrogen-bond acceptors (Lipinski definition) is 4. The van der Waals surface area contributed by atoms with Crippen molar-refractivity contribution in [3.8, 4) is 0 Å². The molecule has 0 bridgehead atoms. The van der Waals surface area contributed by atoms with Crippen LogP contribution in [0.25, 0.3) is 0 Å². The fourth-order valence-electron chi connectivity index (χ4n) is 2.12. The van der Waals surface area contributed by atoms with Crippen LogP contribution in [-0.2, 0) is 14.8 Å². The van der Waals surface area contributed by atoms with Crippen molar-refractivity contribution in [2.45, 2.75) is 25.2 Å². The van der Waals surface area contributed by atoms with E-state index < -0.39 is 21.4 Å². The van der Waals surface area contributed by atoms with Gasteiger partial charge in [-0.25, -0.2) is 8.42 Å². The smallest absolute Gasteiger partial charge is 0.310 e. The maximum absolute atomic E-state index is 12.5. The molecule has 1 atom stereocenters. The zero-order chi connectivity index (χ0) is 14.4. The zero-order valence-corrected chi connectivity index (χ0v) is 13.7. The number of nitrogens with zero attached hydrogens (tertiary/aromatic N) is 1. The van der Waals surface area contributed by atoms with Crippen LogP contribution in [0.2, 0.25) is 0 Å². The second-order valence-electron chi connectivity index (χ2n) is 4.93. The Bertz CT molecular complexity index is 625. The van der Waals surface area contributed by atoms with Crippen molar-refractivity contribution in [3.63, 3.8) is 0 Å². The fraction of sp³-hybridized carbons (Fsp3) is 0.545. The average Bonchev–Trinajstić information content (AvgIpc) is 2.84. The number of carboxylic acid groups (broad SMARTS) is 1. The minimum atomic E-state index is -3.60. The molecular weight excluding hydrogens is 354 g/mol. The van der Waals surface area contributed by atoms with Gasteiger partial charge in [0, 0.05) is 18.0 Å². The molecule has 1 unspecified atom stereocenters. The summed E-state index contributed by atoms with van der Waals surface area (Å²) in [5.41, 5.74) is -0.992. The van der Waals surface area contributed by atoms with Crippen LogP contribution >= 0.6 is 27.3 Å². The highest BCUT2D eigenvalue weighted by Crippen LogP contribution is 2.37. The highest BCUT2D eigenvalue weighted by Gasteiger charge is 2.45. The first kappa shape index (κ1) is 15.0. The third-order valence-corrected chi connectivity index (χ3v) is 7.07. The van der Waals surface area contributed by atoms with Crippen LogP contribution in [0.4, 0.5) is 0 Å². The number of sulfonamides is 1. The van der Waals surface area contributed by atoms with Crippen molar-refractivity contribution in [1.82, 2.24) is 4.31 Å². The van der Waals surface area contributed by atoms with E-state index in [1.54, 1.807) is 19.9 Å². The van der Waals surface area contributed by atoms with Crippen molar-refractivity contribution in [2.24, 2.45) is 5.41 Å². The van der Waals surface area contributed by atoms with Gasteiger partial charge in [-0.3, -0.25) is 4.79 Å². The minimum absolute atomic E-state index is 0.0254. The van der Waals surface area contributed by atoms with Crippen molar-refractivity contribution in [1.29, 1.82) is 0 Å². The van der Waals surface area contributed by atoms with E-state index in [9.17, 15) is 13.2 Å². The second kappa shape index (κ2) is 4.83. The fourth-order valence-corrected chi connectivity index (χ4v) is 6.07. The summed E-state index contributed by atoms with van der Waals surface area (Å²) in [6.07, 6.45) is 0.339. The third kappa shape index (κ3) is 2.58. The molecule has 2 rings (SSSR count). The molecular formula is C11H14BrNO4S2. The Morgan fingerprint density at radius 3 is 2.63 bits per heavy atom. The van der Waals surface area contributed by atoms with E-state index >= 15 is 0 Å². The second-order valence-corrected chi connectivity index (χ2v) is 9.47. The van der Waals surface area contributed by atoms with Gasteiger partial charge in [0.1, 0.15) is 0 Å². The van der Waals surface area contributed by atoms with Gasteiger partial charge in [0.15, 0.2) is 0 Å². The summed E-state index contributed by atoms with van der Waals surface area (Å²) >= 11 is 4.63. The van der Waals surface area contributed by atoms with Crippen molar-refractivity contribution < 1.29 is 18.3 Å². The Morgan fingerprint density at radius 2 is 2.21 bits per heavy atom. The first-order valence-corrected chi connectivity index (χ1v) is 8.71. The molecule has 19 heavy (non-hydrogen) atoms. The zero-order valence-electron chi connectivity index (χ0n) is 10.5. The van der Waals surface area contributed by atoms with E-state index in [-0.39, 0.29) is 18.0 Å². The van der Waals surface area contributed by atoms with Crippen LogP contribution in [0.3, 0.4) is 0 Å². The number of hydrogen-bond donors (Lipinski definition) is 1. The van der Waals surface area contributed by atoms with Crippen molar-refractivity contribution in [3.05, 3.63) is 14.7 Å². The minimum Gasteiger partial charge on any atom is -0.481 e. The molecule has 1 fully saturated rings. The van der Waals surface area contributed by atoms with Gasteiger partial charge in [0.05, 0.1) is 14.1 Å². The maximum atomic E-state index is 12.5. The summed E-state index contributed by atoms with van der Waals surface area (Å²) in [7, 11) is -3.60. The molecule has 106 valence electrons. The SMILES string of the molecule is Cc1sc(Br)cc1S(=O)(=O)N1CCC(C)(C(=O)O)C1. The summed E-state index contributed by atoms with van der Waals surface area (Å²) in [5.74, 6) is -0.951. The van der Waals surface area contributed by atoms with Gasteiger partial charge in [-0.2, -0.15) is 4.31 Å². The number of aryl methyl sites for hydroxylation is 1. The van der Waals surface area contributed by atoms with Crippen molar-refractivity contribution in [2.75, 3.05) is 13.1 Å². The molecule has 0 amide bonds. The van der Waals surface area contributed by atoms with Gasteiger partial charge >= 0.3 is 5.97 Å². The first-order valence-electron chi connectivity index (χ1n) is 5.66. The molecule has 0 aliphatic carbocycles. The Balaban J connectivity index is 2.33. The topological polar surface area (TPSA) is 74.7 Å². The molecule has 5 nitrogen and oxygen atoms in total. The lowest BCUT2D eigenvalue weighted by Gasteiger charge is -2.19. The Morgan fingerprint density at radius 1 is 1.58 bits per heavy atom. The highest BCUT2D eigenvalue weighted by molar-refractivity contribution is 9.11. The first-order chi connectivity index (χ1) is 8.67. The molecule has 2 heterocycles. The van der Waals surface area contributed by atoms with E-state index in [1.165, 1.54) is 15.6 Å². The lowest BCUT2D eigenvalue weighted by Crippen LogP contribution is -2.34. The number of rotatable bonds is 3. The predicted molar refractivity (Wildman–Crippen MR) is 75.9 cm³/mol. The van der Waals surface area contributed by atoms with Gasteiger partial charge in [-0.1, -0.05) is 0 Å². The van der Waals surface area contributed by atoms with E-state index in [1.807, 2.05) is 0 Å². The Kier molecular flexibility index (Phi) is 3.81. The highest BCUT2D eigenvalue weighted by atomic mass is 79.9. The Hall–Kier alpha value is -0.440. The van der Waals surface area contributed by atoms with Crippen LogP contribution < -0.4 is 0 Å². The summed E-state index contributed by atoms with van der Waals surface area (Å²) in [4.78, 5) is 12.1. The monoisotopic (exact) mass is 367 g/mol. The lowest BCUT2D eigenvalue weighted by atomic mass is 9.90. The summed E-state index contributed by atoms with van der Waals surface area (Å²) in [5, 5.41) is 9.16. The maximum Gasteiger partial charge on any atom is 0.310 e. The van der Waals surface area contributed by atoms with E-state index in [4.69, 9.17) is 5.11 Å². The molecule has 1 N–H and O–H groups in total. The van der Waals surface area contributed by atoms with Crippen LogP contribution in [0.5, 0.6) is 0 Å². The van der Waals surface area contributed by atoms with Gasteiger partial charge in [-0.15, -0.1) is 11.3 Å². The number of carbonyl (C=O) groups is 1. The van der Waals surface area contributed by atoms with Crippen LogP contribution in [0.15, 0.2) is 14.7 Å². The quantitative estimate of drug-likeness (QED) is 0.889. The Labute approximate surface area is 124 Å².